The van der Waals surface area contributed by atoms with Crippen LogP contribution in [0.25, 0.3) is 11.2 Å². The first-order valence-electron chi connectivity index (χ1n) is 8.19. The molecule has 1 fully saturated rings. The highest BCUT2D eigenvalue weighted by Gasteiger charge is 2.22. The maximum atomic E-state index is 4.48. The number of rotatable bonds is 3. The van der Waals surface area contributed by atoms with Crippen molar-refractivity contribution in [2.24, 2.45) is 7.05 Å². The second kappa shape index (κ2) is 6.03. The topological polar surface area (TPSA) is 75.9 Å². The highest BCUT2D eigenvalue weighted by atomic mass is 15.3. The van der Waals surface area contributed by atoms with Crippen LogP contribution in [0.4, 0.5) is 11.8 Å². The minimum absolute atomic E-state index is 0.803. The van der Waals surface area contributed by atoms with E-state index in [0.717, 1.165) is 61.1 Å². The smallest absolute Gasteiger partial charge is 0.225 e. The Kier molecular flexibility index (Phi) is 3.72. The number of piperazine rings is 1. The zero-order valence-corrected chi connectivity index (χ0v) is 13.9. The maximum Gasteiger partial charge on any atom is 0.225 e. The lowest BCUT2D eigenvalue weighted by molar-refractivity contribution is 0.635. The minimum atomic E-state index is 0.803. The van der Waals surface area contributed by atoms with E-state index in [1.807, 2.05) is 24.0 Å². The summed E-state index contributed by atoms with van der Waals surface area (Å²) in [5, 5.41) is 0. The Morgan fingerprint density at radius 3 is 2.33 bits per heavy atom. The molecule has 0 radical (unpaired) electrons. The molecule has 0 aromatic carbocycles. The summed E-state index contributed by atoms with van der Waals surface area (Å²) in [7, 11) is 1.95. The fourth-order valence-corrected chi connectivity index (χ4v) is 2.98. The van der Waals surface area contributed by atoms with Gasteiger partial charge in [0.2, 0.25) is 5.95 Å². The van der Waals surface area contributed by atoms with Gasteiger partial charge in [-0.1, -0.05) is 6.92 Å². The predicted molar refractivity (Wildman–Crippen MR) is 92.1 cm³/mol. The van der Waals surface area contributed by atoms with Gasteiger partial charge in [-0.05, 0) is 12.0 Å². The number of anilines is 2. The van der Waals surface area contributed by atoms with Crippen molar-refractivity contribution in [2.45, 2.75) is 13.3 Å². The molecule has 0 aliphatic carbocycles. The van der Waals surface area contributed by atoms with Gasteiger partial charge in [-0.15, -0.1) is 0 Å². The zero-order chi connectivity index (χ0) is 16.5. The van der Waals surface area contributed by atoms with Crippen molar-refractivity contribution in [3.63, 3.8) is 0 Å². The van der Waals surface area contributed by atoms with Gasteiger partial charge in [0.1, 0.15) is 6.33 Å². The van der Waals surface area contributed by atoms with E-state index in [4.69, 9.17) is 0 Å². The van der Waals surface area contributed by atoms with Crippen molar-refractivity contribution >= 4 is 22.9 Å². The van der Waals surface area contributed by atoms with Crippen molar-refractivity contribution in [3.05, 3.63) is 30.6 Å². The Balaban J connectivity index is 1.51. The molecule has 0 saturated carbocycles. The number of fused-ring (bicyclic) bond motifs is 1. The molecule has 0 unspecified atom stereocenters. The van der Waals surface area contributed by atoms with Crippen LogP contribution in [-0.4, -0.2) is 55.7 Å². The van der Waals surface area contributed by atoms with E-state index in [9.17, 15) is 0 Å². The van der Waals surface area contributed by atoms with Gasteiger partial charge in [0.15, 0.2) is 17.0 Å². The molecule has 0 bridgehead atoms. The van der Waals surface area contributed by atoms with Crippen molar-refractivity contribution < 1.29 is 0 Å². The SMILES string of the molecule is CCc1cnc(N2CCN(c3ncnc4c3ncn4C)CC2)nc1. The molecule has 24 heavy (non-hydrogen) atoms. The first-order chi connectivity index (χ1) is 11.8. The fraction of sp³-hybridized carbons (Fsp3) is 0.438. The van der Waals surface area contributed by atoms with E-state index in [1.54, 1.807) is 12.7 Å². The molecule has 8 nitrogen and oxygen atoms in total. The summed E-state index contributed by atoms with van der Waals surface area (Å²) in [4.78, 5) is 26.6. The molecule has 124 valence electrons. The Bertz CT molecular complexity index is 833. The van der Waals surface area contributed by atoms with Gasteiger partial charge in [0.05, 0.1) is 6.33 Å². The first-order valence-corrected chi connectivity index (χ1v) is 8.19. The summed E-state index contributed by atoms with van der Waals surface area (Å²) in [5.41, 5.74) is 2.88. The number of hydrogen-bond acceptors (Lipinski definition) is 7. The lowest BCUT2D eigenvalue weighted by Crippen LogP contribution is -2.47. The third-order valence-electron chi connectivity index (χ3n) is 4.44. The Morgan fingerprint density at radius 2 is 1.62 bits per heavy atom. The van der Waals surface area contributed by atoms with Gasteiger partial charge >= 0.3 is 0 Å². The van der Waals surface area contributed by atoms with Crippen LogP contribution in [-0.2, 0) is 13.5 Å². The Morgan fingerprint density at radius 1 is 0.917 bits per heavy atom. The molecule has 4 rings (SSSR count). The second-order valence-electron chi connectivity index (χ2n) is 5.94. The van der Waals surface area contributed by atoms with E-state index in [2.05, 4.69) is 41.6 Å². The molecule has 3 aromatic rings. The van der Waals surface area contributed by atoms with Crippen LogP contribution in [0.1, 0.15) is 12.5 Å². The van der Waals surface area contributed by atoms with Crippen LogP contribution in [0.3, 0.4) is 0 Å². The van der Waals surface area contributed by atoms with Gasteiger partial charge in [-0.2, -0.15) is 0 Å². The van der Waals surface area contributed by atoms with Crippen LogP contribution < -0.4 is 9.80 Å². The van der Waals surface area contributed by atoms with Crippen LogP contribution in [0.15, 0.2) is 25.0 Å². The largest absolute Gasteiger partial charge is 0.351 e. The molecular formula is C16H20N8. The van der Waals surface area contributed by atoms with Crippen LogP contribution in [0, 0.1) is 0 Å². The summed E-state index contributed by atoms with van der Waals surface area (Å²) >= 11 is 0. The van der Waals surface area contributed by atoms with Crippen LogP contribution >= 0.6 is 0 Å². The summed E-state index contributed by atoms with van der Waals surface area (Å²) in [5.74, 6) is 1.71. The van der Waals surface area contributed by atoms with E-state index in [-0.39, 0.29) is 0 Å². The van der Waals surface area contributed by atoms with Gasteiger partial charge < -0.3 is 14.4 Å². The molecule has 0 spiro atoms. The van der Waals surface area contributed by atoms with Gasteiger partial charge in [-0.25, -0.2) is 24.9 Å². The number of imidazole rings is 1. The van der Waals surface area contributed by atoms with Crippen LogP contribution in [0.2, 0.25) is 0 Å². The lowest BCUT2D eigenvalue weighted by Gasteiger charge is -2.35. The number of nitrogens with zero attached hydrogens (tertiary/aromatic N) is 8. The summed E-state index contributed by atoms with van der Waals surface area (Å²) in [6, 6.07) is 0. The maximum absolute atomic E-state index is 4.48. The predicted octanol–water partition coefficient (Wildman–Crippen LogP) is 1.04. The van der Waals surface area contributed by atoms with Gasteiger partial charge in [-0.3, -0.25) is 0 Å². The standard InChI is InChI=1S/C16H20N8/c1-3-12-8-17-16(18-9-12)24-6-4-23(5-7-24)15-13-14(19-10-20-15)22(2)11-21-13/h8-11H,3-7H2,1-2H3. The quantitative estimate of drug-likeness (QED) is 0.712. The average molecular weight is 324 g/mol. The monoisotopic (exact) mass is 324 g/mol. The van der Waals surface area contributed by atoms with Crippen molar-refractivity contribution in [1.29, 1.82) is 0 Å². The number of hydrogen-bond donors (Lipinski definition) is 0. The molecule has 0 atom stereocenters. The zero-order valence-electron chi connectivity index (χ0n) is 13.9. The number of aryl methyl sites for hydroxylation is 2. The van der Waals surface area contributed by atoms with E-state index < -0.39 is 0 Å². The number of aromatic nitrogens is 6. The first kappa shape index (κ1) is 14.8. The van der Waals surface area contributed by atoms with Crippen molar-refractivity contribution in [1.82, 2.24) is 29.5 Å². The summed E-state index contributed by atoms with van der Waals surface area (Å²) < 4.78 is 1.92. The Labute approximate surface area is 140 Å². The van der Waals surface area contributed by atoms with E-state index >= 15 is 0 Å². The minimum Gasteiger partial charge on any atom is -0.351 e. The lowest BCUT2D eigenvalue weighted by atomic mass is 10.3. The molecule has 8 heteroatoms. The van der Waals surface area contributed by atoms with Crippen molar-refractivity contribution in [3.8, 4) is 0 Å². The molecule has 0 amide bonds. The third-order valence-corrected chi connectivity index (χ3v) is 4.44. The molecule has 1 saturated heterocycles. The second-order valence-corrected chi connectivity index (χ2v) is 5.94. The molecule has 0 N–H and O–H groups in total. The summed E-state index contributed by atoms with van der Waals surface area (Å²) in [6.45, 7) is 5.56. The fourth-order valence-electron chi connectivity index (χ4n) is 2.98. The van der Waals surface area contributed by atoms with Gasteiger partial charge in [0, 0.05) is 45.6 Å². The van der Waals surface area contributed by atoms with Crippen molar-refractivity contribution in [2.75, 3.05) is 36.0 Å². The highest BCUT2D eigenvalue weighted by molar-refractivity contribution is 5.83. The molecule has 1 aliphatic rings. The summed E-state index contributed by atoms with van der Waals surface area (Å²) in [6.07, 6.45) is 8.18. The molecule has 3 aromatic heterocycles. The Hall–Kier alpha value is -2.77. The third kappa shape index (κ3) is 2.53. The van der Waals surface area contributed by atoms with E-state index in [1.165, 1.54) is 0 Å². The average Bonchev–Trinajstić information content (AvgIpc) is 3.03. The molecule has 1 aliphatic heterocycles. The molecular weight excluding hydrogens is 304 g/mol. The molecule has 4 heterocycles. The van der Waals surface area contributed by atoms with Crippen LogP contribution in [0.5, 0.6) is 0 Å². The van der Waals surface area contributed by atoms with E-state index in [0.29, 0.717) is 0 Å². The van der Waals surface area contributed by atoms with Gasteiger partial charge in [0.25, 0.3) is 0 Å². The normalized spacial score (nSPS) is 15.2. The highest BCUT2D eigenvalue weighted by Crippen LogP contribution is 2.22.